The van der Waals surface area contributed by atoms with Gasteiger partial charge < -0.3 is 5.11 Å². The standard InChI is InChI=1S/C13H11NO/c1-3-13(15)10(2)8-11-4-6-12(9-14)7-5-11/h1,4-8,13,15H,2H3. The molecule has 0 bridgehead atoms. The highest BCUT2D eigenvalue weighted by atomic mass is 16.3. The maximum absolute atomic E-state index is 9.33. The van der Waals surface area contributed by atoms with Crippen LogP contribution < -0.4 is 0 Å². The van der Waals surface area contributed by atoms with Crippen LogP contribution in [0.3, 0.4) is 0 Å². The lowest BCUT2D eigenvalue weighted by Gasteiger charge is -2.03. The number of benzene rings is 1. The van der Waals surface area contributed by atoms with E-state index in [0.717, 1.165) is 5.56 Å². The average molecular weight is 197 g/mol. The van der Waals surface area contributed by atoms with Crippen LogP contribution in [0, 0.1) is 23.7 Å². The van der Waals surface area contributed by atoms with E-state index in [1.165, 1.54) is 0 Å². The first kappa shape index (κ1) is 11.0. The van der Waals surface area contributed by atoms with Gasteiger partial charge in [-0.2, -0.15) is 5.26 Å². The molecule has 1 aromatic rings. The molecule has 1 N–H and O–H groups in total. The minimum Gasteiger partial charge on any atom is -0.376 e. The van der Waals surface area contributed by atoms with Crippen LogP contribution in [-0.2, 0) is 0 Å². The molecule has 1 aromatic carbocycles. The molecule has 0 saturated heterocycles. The molecule has 0 amide bonds. The molecule has 0 aliphatic rings. The first-order valence-corrected chi connectivity index (χ1v) is 4.50. The van der Waals surface area contributed by atoms with Gasteiger partial charge in [0.25, 0.3) is 0 Å². The summed E-state index contributed by atoms with van der Waals surface area (Å²) in [6.45, 7) is 1.77. The number of nitrogens with zero attached hydrogens (tertiary/aromatic N) is 1. The predicted molar refractivity (Wildman–Crippen MR) is 59.6 cm³/mol. The molecule has 0 aliphatic heterocycles. The van der Waals surface area contributed by atoms with E-state index < -0.39 is 6.10 Å². The van der Waals surface area contributed by atoms with Gasteiger partial charge in [0, 0.05) is 0 Å². The van der Waals surface area contributed by atoms with Crippen molar-refractivity contribution in [3.05, 3.63) is 41.0 Å². The summed E-state index contributed by atoms with van der Waals surface area (Å²) in [5.41, 5.74) is 2.24. The largest absolute Gasteiger partial charge is 0.376 e. The highest BCUT2D eigenvalue weighted by Crippen LogP contribution is 2.10. The van der Waals surface area contributed by atoms with Crippen molar-refractivity contribution in [3.8, 4) is 18.4 Å². The Labute approximate surface area is 89.5 Å². The van der Waals surface area contributed by atoms with E-state index in [9.17, 15) is 5.11 Å². The van der Waals surface area contributed by atoms with Crippen LogP contribution in [0.2, 0.25) is 0 Å². The van der Waals surface area contributed by atoms with Gasteiger partial charge in [-0.05, 0) is 30.2 Å². The number of aliphatic hydroxyl groups is 1. The third-order valence-electron chi connectivity index (χ3n) is 2.02. The molecular formula is C13H11NO. The Morgan fingerprint density at radius 2 is 2.07 bits per heavy atom. The van der Waals surface area contributed by atoms with E-state index >= 15 is 0 Å². The molecule has 0 heterocycles. The summed E-state index contributed by atoms with van der Waals surface area (Å²) in [4.78, 5) is 0. The van der Waals surface area contributed by atoms with Gasteiger partial charge >= 0.3 is 0 Å². The van der Waals surface area contributed by atoms with Crippen molar-refractivity contribution in [3.63, 3.8) is 0 Å². The van der Waals surface area contributed by atoms with Gasteiger partial charge in [-0.3, -0.25) is 0 Å². The van der Waals surface area contributed by atoms with Crippen LogP contribution in [-0.4, -0.2) is 11.2 Å². The number of aliphatic hydroxyl groups excluding tert-OH is 1. The molecule has 1 rings (SSSR count). The van der Waals surface area contributed by atoms with Crippen LogP contribution in [0.4, 0.5) is 0 Å². The Morgan fingerprint density at radius 3 is 2.53 bits per heavy atom. The zero-order valence-corrected chi connectivity index (χ0v) is 8.44. The van der Waals surface area contributed by atoms with Gasteiger partial charge in [0.15, 0.2) is 0 Å². The van der Waals surface area contributed by atoms with Crippen LogP contribution >= 0.6 is 0 Å². The molecule has 0 aromatic heterocycles. The Hall–Kier alpha value is -2.03. The van der Waals surface area contributed by atoms with Crippen LogP contribution in [0.25, 0.3) is 6.08 Å². The van der Waals surface area contributed by atoms with Crippen molar-refractivity contribution in [2.24, 2.45) is 0 Å². The monoisotopic (exact) mass is 197 g/mol. The molecule has 0 fully saturated rings. The first-order valence-electron chi connectivity index (χ1n) is 4.50. The molecule has 74 valence electrons. The smallest absolute Gasteiger partial charge is 0.136 e. The molecule has 0 spiro atoms. The van der Waals surface area contributed by atoms with Crippen LogP contribution in [0.1, 0.15) is 18.1 Å². The molecule has 1 atom stereocenters. The zero-order valence-electron chi connectivity index (χ0n) is 8.44. The summed E-state index contributed by atoms with van der Waals surface area (Å²) < 4.78 is 0. The van der Waals surface area contributed by atoms with E-state index in [4.69, 9.17) is 11.7 Å². The quantitative estimate of drug-likeness (QED) is 0.736. The second kappa shape index (κ2) is 5.00. The lowest BCUT2D eigenvalue weighted by molar-refractivity contribution is 0.269. The normalized spacial score (nSPS) is 12.7. The summed E-state index contributed by atoms with van der Waals surface area (Å²) in [5, 5.41) is 17.9. The maximum atomic E-state index is 9.33. The Morgan fingerprint density at radius 1 is 1.47 bits per heavy atom. The van der Waals surface area contributed by atoms with E-state index in [0.29, 0.717) is 11.1 Å². The zero-order chi connectivity index (χ0) is 11.3. The number of nitriles is 1. The number of hydrogen-bond acceptors (Lipinski definition) is 2. The van der Waals surface area contributed by atoms with Crippen molar-refractivity contribution in [2.45, 2.75) is 13.0 Å². The third kappa shape index (κ3) is 2.98. The number of rotatable bonds is 2. The number of hydrogen-bond donors (Lipinski definition) is 1. The first-order chi connectivity index (χ1) is 7.17. The van der Waals surface area contributed by atoms with E-state index in [-0.39, 0.29) is 0 Å². The Kier molecular flexibility index (Phi) is 3.68. The summed E-state index contributed by atoms with van der Waals surface area (Å²) in [7, 11) is 0. The SMILES string of the molecule is C#CC(O)C(C)=Cc1ccc(C#N)cc1. The maximum Gasteiger partial charge on any atom is 0.136 e. The fraction of sp³-hybridized carbons (Fsp3) is 0.154. The van der Waals surface area contributed by atoms with E-state index in [1.54, 1.807) is 25.1 Å². The van der Waals surface area contributed by atoms with E-state index in [2.05, 4.69) is 5.92 Å². The van der Waals surface area contributed by atoms with Crippen LogP contribution in [0.5, 0.6) is 0 Å². The fourth-order valence-corrected chi connectivity index (χ4v) is 1.13. The van der Waals surface area contributed by atoms with Crippen molar-refractivity contribution in [1.82, 2.24) is 0 Å². The fourth-order valence-electron chi connectivity index (χ4n) is 1.13. The van der Waals surface area contributed by atoms with Gasteiger partial charge in [-0.15, -0.1) is 6.42 Å². The highest BCUT2D eigenvalue weighted by molar-refractivity contribution is 5.55. The summed E-state index contributed by atoms with van der Waals surface area (Å²) in [5.74, 6) is 2.24. The second-order valence-electron chi connectivity index (χ2n) is 3.19. The van der Waals surface area contributed by atoms with Crippen molar-refractivity contribution >= 4 is 6.08 Å². The lowest BCUT2D eigenvalue weighted by atomic mass is 10.1. The molecule has 2 nitrogen and oxygen atoms in total. The topological polar surface area (TPSA) is 44.0 Å². The molecule has 15 heavy (non-hydrogen) atoms. The highest BCUT2D eigenvalue weighted by Gasteiger charge is 2.00. The molecule has 1 unspecified atom stereocenters. The average Bonchev–Trinajstić information content (AvgIpc) is 2.29. The minimum absolute atomic E-state index is 0.613. The number of terminal acetylenes is 1. The van der Waals surface area contributed by atoms with Gasteiger partial charge in [-0.25, -0.2) is 0 Å². The molecule has 2 heteroatoms. The molecule has 0 aliphatic carbocycles. The lowest BCUT2D eigenvalue weighted by Crippen LogP contribution is -2.03. The van der Waals surface area contributed by atoms with Crippen molar-refractivity contribution in [2.75, 3.05) is 0 Å². The Bertz CT molecular complexity index is 443. The Balaban J connectivity index is 2.91. The van der Waals surface area contributed by atoms with Gasteiger partial charge in [0.1, 0.15) is 6.10 Å². The van der Waals surface area contributed by atoms with Crippen molar-refractivity contribution in [1.29, 1.82) is 5.26 Å². The minimum atomic E-state index is -0.847. The summed E-state index contributed by atoms with van der Waals surface area (Å²) in [6.07, 6.45) is 6.04. The van der Waals surface area contributed by atoms with E-state index in [1.807, 2.05) is 18.2 Å². The second-order valence-corrected chi connectivity index (χ2v) is 3.19. The van der Waals surface area contributed by atoms with Gasteiger partial charge in [0.2, 0.25) is 0 Å². The summed E-state index contributed by atoms with van der Waals surface area (Å²) >= 11 is 0. The van der Waals surface area contributed by atoms with Crippen molar-refractivity contribution < 1.29 is 5.11 Å². The third-order valence-corrected chi connectivity index (χ3v) is 2.02. The molecule has 0 saturated carbocycles. The molecule has 0 radical (unpaired) electrons. The molecular weight excluding hydrogens is 186 g/mol. The predicted octanol–water partition coefficient (Wildman–Crippen LogP) is 1.96. The summed E-state index contributed by atoms with van der Waals surface area (Å²) in [6, 6.07) is 9.11. The van der Waals surface area contributed by atoms with Gasteiger partial charge in [0.05, 0.1) is 11.6 Å². The van der Waals surface area contributed by atoms with Gasteiger partial charge in [-0.1, -0.05) is 24.1 Å². The van der Waals surface area contributed by atoms with Crippen LogP contribution in [0.15, 0.2) is 29.8 Å².